The van der Waals surface area contributed by atoms with Crippen LogP contribution in [0.1, 0.15) is 5.69 Å². The SMILES string of the molecule is O=C(O)/C=C\c1[nH]cnc1-c1ccccc1. The van der Waals surface area contributed by atoms with Crippen LogP contribution < -0.4 is 0 Å². The van der Waals surface area contributed by atoms with Gasteiger partial charge in [0.15, 0.2) is 0 Å². The van der Waals surface area contributed by atoms with Crippen molar-refractivity contribution in [3.8, 4) is 11.3 Å². The van der Waals surface area contributed by atoms with Crippen molar-refractivity contribution in [1.29, 1.82) is 0 Å². The van der Waals surface area contributed by atoms with Crippen molar-refractivity contribution >= 4 is 12.0 Å². The van der Waals surface area contributed by atoms with Crippen LogP contribution in [0.15, 0.2) is 42.7 Å². The first kappa shape index (κ1) is 10.2. The lowest BCUT2D eigenvalue weighted by atomic mass is 10.1. The van der Waals surface area contributed by atoms with E-state index in [-0.39, 0.29) is 0 Å². The molecule has 0 aliphatic heterocycles. The van der Waals surface area contributed by atoms with Crippen LogP contribution in [0.25, 0.3) is 17.3 Å². The van der Waals surface area contributed by atoms with Crippen molar-refractivity contribution in [2.24, 2.45) is 0 Å². The van der Waals surface area contributed by atoms with Gasteiger partial charge in [0, 0.05) is 11.6 Å². The zero-order valence-electron chi connectivity index (χ0n) is 8.42. The number of hydrogen-bond acceptors (Lipinski definition) is 2. The number of carboxylic acids is 1. The predicted octanol–water partition coefficient (Wildman–Crippen LogP) is 2.17. The van der Waals surface area contributed by atoms with Gasteiger partial charge in [-0.1, -0.05) is 30.3 Å². The molecule has 0 spiro atoms. The van der Waals surface area contributed by atoms with Crippen LogP contribution >= 0.6 is 0 Å². The topological polar surface area (TPSA) is 66.0 Å². The molecule has 1 aromatic carbocycles. The summed E-state index contributed by atoms with van der Waals surface area (Å²) in [5, 5.41) is 8.55. The Balaban J connectivity index is 2.37. The number of imidazole rings is 1. The van der Waals surface area contributed by atoms with E-state index >= 15 is 0 Å². The molecular weight excluding hydrogens is 204 g/mol. The number of H-pyrrole nitrogens is 1. The highest BCUT2D eigenvalue weighted by Gasteiger charge is 2.04. The Morgan fingerprint density at radius 3 is 2.75 bits per heavy atom. The van der Waals surface area contributed by atoms with Gasteiger partial charge < -0.3 is 10.1 Å². The van der Waals surface area contributed by atoms with E-state index in [1.807, 2.05) is 30.3 Å². The van der Waals surface area contributed by atoms with Gasteiger partial charge in [0.05, 0.1) is 17.7 Å². The fraction of sp³-hybridized carbons (Fsp3) is 0. The van der Waals surface area contributed by atoms with Crippen LogP contribution in [0.2, 0.25) is 0 Å². The Hall–Kier alpha value is -2.36. The lowest BCUT2D eigenvalue weighted by Crippen LogP contribution is -1.87. The predicted molar refractivity (Wildman–Crippen MR) is 60.7 cm³/mol. The molecule has 2 N–H and O–H groups in total. The molecule has 0 atom stereocenters. The lowest BCUT2D eigenvalue weighted by molar-refractivity contribution is -0.131. The third kappa shape index (κ3) is 2.17. The highest BCUT2D eigenvalue weighted by molar-refractivity contribution is 5.86. The molecular formula is C12H10N2O2. The summed E-state index contributed by atoms with van der Waals surface area (Å²) >= 11 is 0. The van der Waals surface area contributed by atoms with Gasteiger partial charge in [-0.3, -0.25) is 0 Å². The highest BCUT2D eigenvalue weighted by atomic mass is 16.4. The average molecular weight is 214 g/mol. The second-order valence-corrected chi connectivity index (χ2v) is 3.20. The molecule has 1 heterocycles. The molecule has 0 bridgehead atoms. The molecule has 0 amide bonds. The van der Waals surface area contributed by atoms with Crippen molar-refractivity contribution in [3.63, 3.8) is 0 Å². The Labute approximate surface area is 92.3 Å². The molecule has 2 rings (SSSR count). The first-order chi connectivity index (χ1) is 7.77. The van der Waals surface area contributed by atoms with E-state index in [0.717, 1.165) is 17.3 Å². The summed E-state index contributed by atoms with van der Waals surface area (Å²) in [4.78, 5) is 17.5. The van der Waals surface area contributed by atoms with E-state index in [4.69, 9.17) is 5.11 Å². The number of aliphatic carboxylic acids is 1. The molecule has 0 saturated carbocycles. The first-order valence-corrected chi connectivity index (χ1v) is 4.77. The summed E-state index contributed by atoms with van der Waals surface area (Å²) in [5.41, 5.74) is 2.39. The third-order valence-electron chi connectivity index (χ3n) is 2.11. The largest absolute Gasteiger partial charge is 0.478 e. The number of carboxylic acid groups (broad SMARTS) is 1. The summed E-state index contributed by atoms with van der Waals surface area (Å²) in [5.74, 6) is -0.978. The second-order valence-electron chi connectivity index (χ2n) is 3.20. The number of aromatic amines is 1. The van der Waals surface area contributed by atoms with Gasteiger partial charge in [0.2, 0.25) is 0 Å². The van der Waals surface area contributed by atoms with E-state index in [9.17, 15) is 4.79 Å². The average Bonchev–Trinajstić information content (AvgIpc) is 2.75. The minimum atomic E-state index is -0.978. The maximum atomic E-state index is 10.4. The standard InChI is InChI=1S/C12H10N2O2/c15-11(16)7-6-10-12(14-8-13-10)9-4-2-1-3-5-9/h1-8H,(H,13,14)(H,15,16)/b7-6-. The second kappa shape index (κ2) is 4.44. The molecule has 0 aliphatic rings. The van der Waals surface area contributed by atoms with Crippen LogP contribution in [0.5, 0.6) is 0 Å². The molecule has 0 aliphatic carbocycles. The normalized spacial score (nSPS) is 10.8. The quantitative estimate of drug-likeness (QED) is 0.769. The first-order valence-electron chi connectivity index (χ1n) is 4.77. The van der Waals surface area contributed by atoms with Gasteiger partial charge in [-0.15, -0.1) is 0 Å². The summed E-state index contributed by atoms with van der Waals surface area (Å²) in [6.45, 7) is 0. The minimum absolute atomic E-state index is 0.689. The Morgan fingerprint density at radius 1 is 1.31 bits per heavy atom. The zero-order valence-corrected chi connectivity index (χ0v) is 8.42. The van der Waals surface area contributed by atoms with Gasteiger partial charge >= 0.3 is 5.97 Å². The number of hydrogen-bond donors (Lipinski definition) is 2. The molecule has 1 aromatic heterocycles. The van der Waals surface area contributed by atoms with Gasteiger partial charge in [-0.25, -0.2) is 9.78 Å². The molecule has 0 saturated heterocycles. The van der Waals surface area contributed by atoms with Crippen LogP contribution in [0, 0.1) is 0 Å². The molecule has 2 aromatic rings. The maximum Gasteiger partial charge on any atom is 0.328 e. The van der Waals surface area contributed by atoms with Crippen LogP contribution in [0.3, 0.4) is 0 Å². The van der Waals surface area contributed by atoms with E-state index in [1.54, 1.807) is 6.33 Å². The third-order valence-corrected chi connectivity index (χ3v) is 2.11. The van der Waals surface area contributed by atoms with E-state index in [2.05, 4.69) is 9.97 Å². The van der Waals surface area contributed by atoms with E-state index < -0.39 is 5.97 Å². The Morgan fingerprint density at radius 2 is 2.06 bits per heavy atom. The van der Waals surface area contributed by atoms with Gasteiger partial charge in [0.25, 0.3) is 0 Å². The van der Waals surface area contributed by atoms with Crippen LogP contribution in [-0.2, 0) is 4.79 Å². The summed E-state index contributed by atoms with van der Waals surface area (Å²) in [7, 11) is 0. The van der Waals surface area contributed by atoms with E-state index in [0.29, 0.717) is 5.69 Å². The summed E-state index contributed by atoms with van der Waals surface area (Å²) < 4.78 is 0. The molecule has 0 radical (unpaired) electrons. The minimum Gasteiger partial charge on any atom is -0.478 e. The van der Waals surface area contributed by atoms with Crippen molar-refractivity contribution in [2.75, 3.05) is 0 Å². The molecule has 0 unspecified atom stereocenters. The molecule has 16 heavy (non-hydrogen) atoms. The lowest BCUT2D eigenvalue weighted by Gasteiger charge is -1.97. The smallest absolute Gasteiger partial charge is 0.328 e. The fourth-order valence-corrected chi connectivity index (χ4v) is 1.41. The molecule has 4 nitrogen and oxygen atoms in total. The van der Waals surface area contributed by atoms with Gasteiger partial charge in [-0.2, -0.15) is 0 Å². The zero-order chi connectivity index (χ0) is 11.4. The fourth-order valence-electron chi connectivity index (χ4n) is 1.41. The number of rotatable bonds is 3. The van der Waals surface area contributed by atoms with E-state index in [1.165, 1.54) is 6.08 Å². The highest BCUT2D eigenvalue weighted by Crippen LogP contribution is 2.20. The summed E-state index contributed by atoms with van der Waals surface area (Å²) in [6, 6.07) is 9.59. The summed E-state index contributed by atoms with van der Waals surface area (Å²) in [6.07, 6.45) is 4.13. The van der Waals surface area contributed by atoms with Crippen molar-refractivity contribution in [3.05, 3.63) is 48.4 Å². The maximum absolute atomic E-state index is 10.4. The number of nitrogens with one attached hydrogen (secondary N) is 1. The number of benzene rings is 1. The van der Waals surface area contributed by atoms with Gasteiger partial charge in [-0.05, 0) is 6.08 Å². The molecule has 0 fully saturated rings. The Bertz CT molecular complexity index is 515. The monoisotopic (exact) mass is 214 g/mol. The number of nitrogens with zero attached hydrogens (tertiary/aromatic N) is 1. The van der Waals surface area contributed by atoms with Crippen molar-refractivity contribution < 1.29 is 9.90 Å². The number of aromatic nitrogens is 2. The molecule has 4 heteroatoms. The number of carbonyl (C=O) groups is 1. The Kier molecular flexibility index (Phi) is 2.82. The van der Waals surface area contributed by atoms with Crippen LogP contribution in [-0.4, -0.2) is 21.0 Å². The van der Waals surface area contributed by atoms with Crippen LogP contribution in [0.4, 0.5) is 0 Å². The molecule has 80 valence electrons. The van der Waals surface area contributed by atoms with Gasteiger partial charge in [0.1, 0.15) is 0 Å². The van der Waals surface area contributed by atoms with Crippen molar-refractivity contribution in [2.45, 2.75) is 0 Å². The van der Waals surface area contributed by atoms with Crippen molar-refractivity contribution in [1.82, 2.24) is 9.97 Å².